The van der Waals surface area contributed by atoms with E-state index < -0.39 is 86.8 Å². The normalized spacial score (nSPS) is 24.7. The maximum absolute atomic E-state index is 13.3. The molecule has 2 heterocycles. The molecule has 474 valence electrons. The molecule has 2 aliphatic rings. The van der Waals surface area contributed by atoms with Crippen molar-refractivity contribution in [3.8, 4) is 0 Å². The maximum Gasteiger partial charge on any atom is 0.220 e. The van der Waals surface area contributed by atoms with Crippen LogP contribution in [0.5, 0.6) is 0 Å². The predicted octanol–water partition coefficient (Wildman–Crippen LogP) is 12.2. The van der Waals surface area contributed by atoms with Gasteiger partial charge in [-0.3, -0.25) is 4.79 Å². The van der Waals surface area contributed by atoms with Crippen molar-refractivity contribution in [2.24, 2.45) is 0 Å². The highest BCUT2D eigenvalue weighted by atomic mass is 16.7. The van der Waals surface area contributed by atoms with Crippen LogP contribution in [0, 0.1) is 0 Å². The van der Waals surface area contributed by atoms with Gasteiger partial charge in [-0.15, -0.1) is 0 Å². The second-order valence-corrected chi connectivity index (χ2v) is 22.1. The molecule has 0 bridgehead atoms. The molecule has 83 heavy (non-hydrogen) atoms. The second kappa shape index (κ2) is 52.7. The number of allylic oxidation sites excluding steroid dienone is 19. The molecule has 1 amide bonds. The number of aliphatic hydroxyl groups excluding tert-OH is 8. The SMILES string of the molecule is CC/C=C\C/C=C\C/C=C\C/C=C\C/C=C\C/C=C\C/C=C\C/C=C\CCCCCCCCCCC(=O)NC(COC1OC(CO)C(OC2OC(CO)C(O)C(O)C2O)C(O)C1O)C(O)/C=C/CC/C=C/CCCCCCCCCCCC. The van der Waals surface area contributed by atoms with Crippen LogP contribution >= 0.6 is 0 Å². The lowest BCUT2D eigenvalue weighted by Gasteiger charge is -2.46. The van der Waals surface area contributed by atoms with E-state index in [2.05, 4.69) is 129 Å². The van der Waals surface area contributed by atoms with E-state index in [0.717, 1.165) is 96.3 Å². The Labute approximate surface area is 501 Å². The van der Waals surface area contributed by atoms with Gasteiger partial charge in [-0.2, -0.15) is 0 Å². The molecule has 9 N–H and O–H groups in total. The molecule has 2 saturated heterocycles. The summed E-state index contributed by atoms with van der Waals surface area (Å²) in [6.45, 7) is 2.64. The largest absolute Gasteiger partial charge is 0.394 e. The smallest absolute Gasteiger partial charge is 0.220 e. The molecule has 0 spiro atoms. The van der Waals surface area contributed by atoms with Gasteiger partial charge in [-0.05, 0) is 96.3 Å². The van der Waals surface area contributed by atoms with E-state index >= 15 is 0 Å². The van der Waals surface area contributed by atoms with Crippen molar-refractivity contribution in [1.82, 2.24) is 5.32 Å². The third-order valence-electron chi connectivity index (χ3n) is 14.9. The van der Waals surface area contributed by atoms with Gasteiger partial charge in [0, 0.05) is 6.42 Å². The fourth-order valence-corrected chi connectivity index (χ4v) is 9.73. The third kappa shape index (κ3) is 37.5. The molecule has 0 aliphatic carbocycles. The first-order valence-corrected chi connectivity index (χ1v) is 32.3. The highest BCUT2D eigenvalue weighted by molar-refractivity contribution is 5.76. The van der Waals surface area contributed by atoms with E-state index in [9.17, 15) is 45.6 Å². The first-order valence-electron chi connectivity index (χ1n) is 32.3. The standard InChI is InChI=1S/C69H115NO13/c1-3-5-7-9-11-13-15-17-19-21-22-23-24-25-26-27-28-29-30-31-32-33-34-35-36-37-39-41-43-45-47-49-51-53-61(74)70-57(58(73)52-50-48-46-44-42-40-38-20-18-16-14-12-10-8-6-4-2)56-80-68-66(79)64(77)67(60(55-72)82-68)83-69-65(78)63(76)62(75)59(54-71)81-69/h5,7,11,13,17,19,22-23,25-26,28-29,31-32,34-35,42,44,50,52,57-60,62-69,71-73,75-79H,3-4,6,8-10,12,14-16,18,20-21,24,27,30,33,36-41,43,45-49,51,53-56H2,1-2H3,(H,70,74)/b7-5-,13-11-,19-17-,23-22-,26-25-,29-28-,32-31-,35-34-,44-42+,52-50+. The number of carbonyl (C=O) groups excluding carboxylic acids is 1. The number of carbonyl (C=O) groups is 1. The van der Waals surface area contributed by atoms with Crippen molar-refractivity contribution in [1.29, 1.82) is 0 Å². The molecular weight excluding hydrogens is 1050 g/mol. The van der Waals surface area contributed by atoms with Crippen LogP contribution in [0.4, 0.5) is 0 Å². The molecule has 2 fully saturated rings. The molecule has 2 aliphatic heterocycles. The van der Waals surface area contributed by atoms with E-state index in [4.69, 9.17) is 18.9 Å². The average molecular weight is 1170 g/mol. The van der Waals surface area contributed by atoms with Crippen molar-refractivity contribution in [2.45, 2.75) is 286 Å². The molecule has 0 aromatic carbocycles. The van der Waals surface area contributed by atoms with Crippen LogP contribution < -0.4 is 5.32 Å². The van der Waals surface area contributed by atoms with Crippen molar-refractivity contribution >= 4 is 5.91 Å². The Hall–Kier alpha value is -3.61. The Bertz CT molecular complexity index is 1850. The fraction of sp³-hybridized carbons (Fsp3) is 0.696. The molecule has 14 nitrogen and oxygen atoms in total. The van der Waals surface area contributed by atoms with Crippen molar-refractivity contribution in [3.63, 3.8) is 0 Å². The predicted molar refractivity (Wildman–Crippen MR) is 336 cm³/mol. The van der Waals surface area contributed by atoms with E-state index in [1.54, 1.807) is 6.08 Å². The Morgan fingerprint density at radius 1 is 0.446 bits per heavy atom. The highest BCUT2D eigenvalue weighted by Crippen LogP contribution is 2.30. The average Bonchev–Trinajstić information content (AvgIpc) is 3.63. The summed E-state index contributed by atoms with van der Waals surface area (Å²) in [6, 6.07) is -0.945. The third-order valence-corrected chi connectivity index (χ3v) is 14.9. The Kier molecular flexibility index (Phi) is 47.9. The number of hydrogen-bond acceptors (Lipinski definition) is 13. The van der Waals surface area contributed by atoms with Gasteiger partial charge in [0.2, 0.25) is 5.91 Å². The summed E-state index contributed by atoms with van der Waals surface area (Å²) >= 11 is 0. The summed E-state index contributed by atoms with van der Waals surface area (Å²) in [5, 5.41) is 87.2. The van der Waals surface area contributed by atoms with E-state index in [-0.39, 0.29) is 18.9 Å². The van der Waals surface area contributed by atoms with Gasteiger partial charge in [-0.1, -0.05) is 232 Å². The summed E-state index contributed by atoms with van der Waals surface area (Å²) in [5.41, 5.74) is 0. The van der Waals surface area contributed by atoms with Gasteiger partial charge < -0.3 is 65.1 Å². The summed E-state index contributed by atoms with van der Waals surface area (Å²) in [4.78, 5) is 13.3. The molecule has 12 unspecified atom stereocenters. The molecule has 0 aromatic rings. The summed E-state index contributed by atoms with van der Waals surface area (Å²) in [7, 11) is 0. The second-order valence-electron chi connectivity index (χ2n) is 22.1. The van der Waals surface area contributed by atoms with Crippen LogP contribution in [-0.2, 0) is 23.7 Å². The number of nitrogens with one attached hydrogen (secondary N) is 1. The van der Waals surface area contributed by atoms with Gasteiger partial charge in [0.1, 0.15) is 48.8 Å². The van der Waals surface area contributed by atoms with Gasteiger partial charge in [-0.25, -0.2) is 0 Å². The van der Waals surface area contributed by atoms with Gasteiger partial charge in [0.05, 0.1) is 32.0 Å². The van der Waals surface area contributed by atoms with Crippen LogP contribution in [0.3, 0.4) is 0 Å². The summed E-state index contributed by atoms with van der Waals surface area (Å²) in [5.74, 6) is -0.263. The minimum atomic E-state index is -1.80. The number of ether oxygens (including phenoxy) is 4. The summed E-state index contributed by atoms with van der Waals surface area (Å²) < 4.78 is 22.8. The lowest BCUT2D eigenvalue weighted by atomic mass is 9.97. The zero-order valence-corrected chi connectivity index (χ0v) is 51.1. The van der Waals surface area contributed by atoms with Gasteiger partial charge in [0.25, 0.3) is 0 Å². The van der Waals surface area contributed by atoms with Gasteiger partial charge in [0.15, 0.2) is 12.6 Å². The van der Waals surface area contributed by atoms with Crippen LogP contribution in [0.15, 0.2) is 122 Å². The van der Waals surface area contributed by atoms with Crippen molar-refractivity contribution in [3.05, 3.63) is 122 Å². The summed E-state index contributed by atoms with van der Waals surface area (Å²) in [6.07, 6.45) is 59.5. The lowest BCUT2D eigenvalue weighted by Crippen LogP contribution is -2.65. The highest BCUT2D eigenvalue weighted by Gasteiger charge is 2.51. The number of amides is 1. The first kappa shape index (κ1) is 75.5. The Balaban J connectivity index is 1.71. The molecule has 12 atom stereocenters. The first-order chi connectivity index (χ1) is 40.6. The van der Waals surface area contributed by atoms with E-state index in [1.165, 1.54) is 83.5 Å². The Morgan fingerprint density at radius 3 is 1.33 bits per heavy atom. The topological polar surface area (TPSA) is 228 Å². The van der Waals surface area contributed by atoms with Crippen LogP contribution in [0.1, 0.15) is 213 Å². The number of unbranched alkanes of at least 4 members (excludes halogenated alkanes) is 19. The maximum atomic E-state index is 13.3. The monoisotopic (exact) mass is 1170 g/mol. The molecular formula is C69H115NO13. The zero-order chi connectivity index (χ0) is 60.2. The van der Waals surface area contributed by atoms with Crippen LogP contribution in [0.2, 0.25) is 0 Å². The lowest BCUT2D eigenvalue weighted by molar-refractivity contribution is -0.359. The zero-order valence-electron chi connectivity index (χ0n) is 51.1. The molecule has 14 heteroatoms. The van der Waals surface area contributed by atoms with Crippen LogP contribution in [0.25, 0.3) is 0 Å². The molecule has 0 aromatic heterocycles. The van der Waals surface area contributed by atoms with Gasteiger partial charge >= 0.3 is 0 Å². The minimum Gasteiger partial charge on any atom is -0.394 e. The molecule has 2 rings (SSSR count). The molecule has 0 saturated carbocycles. The fourth-order valence-electron chi connectivity index (χ4n) is 9.73. The van der Waals surface area contributed by atoms with Crippen molar-refractivity contribution < 1.29 is 64.6 Å². The Morgan fingerprint density at radius 2 is 0.843 bits per heavy atom. The molecule has 0 radical (unpaired) electrons. The number of aliphatic hydroxyl groups is 8. The van der Waals surface area contributed by atoms with E-state index in [1.807, 2.05) is 6.08 Å². The van der Waals surface area contributed by atoms with Crippen LogP contribution in [-0.4, -0.2) is 140 Å². The number of rotatable bonds is 50. The van der Waals surface area contributed by atoms with Crippen molar-refractivity contribution in [2.75, 3.05) is 19.8 Å². The minimum absolute atomic E-state index is 0.256. The van der Waals surface area contributed by atoms with E-state index in [0.29, 0.717) is 12.8 Å². The number of hydrogen-bond donors (Lipinski definition) is 9. The quantitative estimate of drug-likeness (QED) is 0.0204.